The van der Waals surface area contributed by atoms with Crippen LogP contribution < -0.4 is 11.1 Å². The first-order valence-electron chi connectivity index (χ1n) is 13.5. The Balaban J connectivity index is 1.45. The Morgan fingerprint density at radius 1 is 0.854 bits per heavy atom. The molecule has 212 valence electrons. The van der Waals surface area contributed by atoms with E-state index in [1.54, 1.807) is 24.3 Å². The van der Waals surface area contributed by atoms with Crippen LogP contribution in [0.5, 0.6) is 0 Å². The molecule has 0 bridgehead atoms. The molecule has 0 saturated heterocycles. The summed E-state index contributed by atoms with van der Waals surface area (Å²) in [5.41, 5.74) is 6.38. The van der Waals surface area contributed by atoms with Crippen LogP contribution in [0, 0.1) is 5.41 Å². The van der Waals surface area contributed by atoms with Gasteiger partial charge < -0.3 is 11.1 Å². The van der Waals surface area contributed by atoms with Gasteiger partial charge in [0.05, 0.1) is 11.4 Å². The molecule has 0 unspecified atom stereocenters. The van der Waals surface area contributed by atoms with Gasteiger partial charge in [0.25, 0.3) is 0 Å². The van der Waals surface area contributed by atoms with Crippen LogP contribution >= 0.6 is 0 Å². The topological polar surface area (TPSA) is 72.9 Å². The van der Waals surface area contributed by atoms with Crippen molar-refractivity contribution in [2.24, 2.45) is 11.1 Å². The molecule has 0 saturated carbocycles. The Kier molecular flexibility index (Phi) is 7.15. The predicted molar refractivity (Wildman–Crippen MR) is 159 cm³/mol. The van der Waals surface area contributed by atoms with Gasteiger partial charge in [-0.05, 0) is 83.6 Å². The van der Waals surface area contributed by atoms with E-state index in [2.05, 4.69) is 10.4 Å². The third kappa shape index (κ3) is 6.43. The van der Waals surface area contributed by atoms with E-state index in [0.717, 1.165) is 27.6 Å². The summed E-state index contributed by atoms with van der Waals surface area (Å²) in [4.78, 5) is 12.7. The number of nitrogens with one attached hydrogen (secondary N) is 1. The highest BCUT2D eigenvalue weighted by Gasteiger charge is 2.35. The molecule has 0 fully saturated rings. The first-order chi connectivity index (χ1) is 19.2. The standard InChI is InChI=1S/C33H33F3N4O/c1-31(2,20-32(3,4)37)19-30(41)38-24-12-14-25(15-13-24)40-28(18-29(39-40)33(34,35)36)23-11-16-27-22(17-23)10-9-21-7-5-6-8-26(21)27/h5-18H,19-20,37H2,1-4H3,(H,38,41). The van der Waals surface area contributed by atoms with Gasteiger partial charge >= 0.3 is 6.18 Å². The summed E-state index contributed by atoms with van der Waals surface area (Å²) in [6, 6.07) is 25.3. The molecule has 1 amide bonds. The van der Waals surface area contributed by atoms with Gasteiger partial charge in [0, 0.05) is 23.2 Å². The van der Waals surface area contributed by atoms with Crippen molar-refractivity contribution in [3.63, 3.8) is 0 Å². The lowest BCUT2D eigenvalue weighted by molar-refractivity contribution is -0.141. The van der Waals surface area contributed by atoms with E-state index in [-0.39, 0.29) is 17.7 Å². The minimum absolute atomic E-state index is 0.158. The second-order valence-corrected chi connectivity index (χ2v) is 12.1. The van der Waals surface area contributed by atoms with E-state index in [0.29, 0.717) is 29.1 Å². The van der Waals surface area contributed by atoms with E-state index < -0.39 is 17.4 Å². The number of carbonyl (C=O) groups excluding carboxylic acids is 1. The Bertz CT molecular complexity index is 1730. The van der Waals surface area contributed by atoms with Crippen molar-refractivity contribution < 1.29 is 18.0 Å². The van der Waals surface area contributed by atoms with Crippen LogP contribution in [0.1, 0.15) is 46.2 Å². The first kappa shape index (κ1) is 28.4. The first-order valence-corrected chi connectivity index (χ1v) is 13.5. The highest BCUT2D eigenvalue weighted by Crippen LogP contribution is 2.36. The number of alkyl halides is 3. The third-order valence-electron chi connectivity index (χ3n) is 7.01. The fourth-order valence-corrected chi connectivity index (χ4v) is 5.72. The normalized spacial score (nSPS) is 12.7. The summed E-state index contributed by atoms with van der Waals surface area (Å²) in [7, 11) is 0. The number of carbonyl (C=O) groups is 1. The zero-order chi connectivity index (χ0) is 29.6. The number of hydrogen-bond donors (Lipinski definition) is 2. The van der Waals surface area contributed by atoms with E-state index in [1.165, 1.54) is 4.68 Å². The van der Waals surface area contributed by atoms with Crippen molar-refractivity contribution in [3.05, 3.63) is 90.6 Å². The smallest absolute Gasteiger partial charge is 0.326 e. The van der Waals surface area contributed by atoms with Crippen LogP contribution in [0.4, 0.5) is 18.9 Å². The van der Waals surface area contributed by atoms with Gasteiger partial charge in [0.15, 0.2) is 5.69 Å². The van der Waals surface area contributed by atoms with Crippen molar-refractivity contribution in [3.8, 4) is 16.9 Å². The molecule has 8 heteroatoms. The van der Waals surface area contributed by atoms with Crippen LogP contribution in [0.3, 0.4) is 0 Å². The molecule has 5 nitrogen and oxygen atoms in total. The van der Waals surface area contributed by atoms with Gasteiger partial charge in [-0.15, -0.1) is 0 Å². The van der Waals surface area contributed by atoms with Crippen molar-refractivity contribution in [1.82, 2.24) is 9.78 Å². The van der Waals surface area contributed by atoms with Crippen molar-refractivity contribution >= 4 is 33.1 Å². The van der Waals surface area contributed by atoms with Crippen LogP contribution in [-0.4, -0.2) is 21.2 Å². The van der Waals surface area contributed by atoms with Crippen molar-refractivity contribution in [2.45, 2.75) is 52.3 Å². The number of rotatable bonds is 7. The molecule has 1 aromatic heterocycles. The third-order valence-corrected chi connectivity index (χ3v) is 7.01. The number of nitrogens with two attached hydrogens (primary N) is 1. The Morgan fingerprint density at radius 3 is 2.20 bits per heavy atom. The Hall–Kier alpha value is -4.17. The molecule has 0 aliphatic heterocycles. The molecule has 1 heterocycles. The quantitative estimate of drug-likeness (QED) is 0.197. The summed E-state index contributed by atoms with van der Waals surface area (Å²) in [5.74, 6) is -0.158. The molecule has 5 aromatic rings. The number of fused-ring (bicyclic) bond motifs is 3. The number of aromatic nitrogens is 2. The maximum absolute atomic E-state index is 13.8. The van der Waals surface area contributed by atoms with Gasteiger partial charge in [0.2, 0.25) is 5.91 Å². The maximum atomic E-state index is 13.8. The highest BCUT2D eigenvalue weighted by atomic mass is 19.4. The minimum atomic E-state index is -4.61. The molecule has 0 spiro atoms. The number of halogens is 3. The number of hydrogen-bond acceptors (Lipinski definition) is 3. The molecule has 41 heavy (non-hydrogen) atoms. The van der Waals surface area contributed by atoms with Crippen LogP contribution in [0.25, 0.3) is 38.5 Å². The molecular weight excluding hydrogens is 525 g/mol. The second-order valence-electron chi connectivity index (χ2n) is 12.1. The SMILES string of the molecule is CC(C)(N)CC(C)(C)CC(=O)Nc1ccc(-n2nc(C(F)(F)F)cc2-c2ccc3c(ccc4ccccc43)c2)cc1. The predicted octanol–water partition coefficient (Wildman–Crippen LogP) is 8.35. The lowest BCUT2D eigenvalue weighted by atomic mass is 9.78. The van der Waals surface area contributed by atoms with E-state index in [4.69, 9.17) is 5.73 Å². The highest BCUT2D eigenvalue weighted by molar-refractivity contribution is 6.08. The number of amides is 1. The minimum Gasteiger partial charge on any atom is -0.326 e. The lowest BCUT2D eigenvalue weighted by Gasteiger charge is -2.31. The lowest BCUT2D eigenvalue weighted by Crippen LogP contribution is -2.38. The summed E-state index contributed by atoms with van der Waals surface area (Å²) >= 11 is 0. The Morgan fingerprint density at radius 2 is 1.51 bits per heavy atom. The fourth-order valence-electron chi connectivity index (χ4n) is 5.72. The summed E-state index contributed by atoms with van der Waals surface area (Å²) in [5, 5.41) is 10.9. The largest absolute Gasteiger partial charge is 0.435 e. The van der Waals surface area contributed by atoms with Crippen LogP contribution in [-0.2, 0) is 11.0 Å². The number of nitrogens with zero attached hydrogens (tertiary/aromatic N) is 2. The maximum Gasteiger partial charge on any atom is 0.435 e. The van der Waals surface area contributed by atoms with E-state index >= 15 is 0 Å². The Labute approximate surface area is 237 Å². The molecule has 0 atom stereocenters. The van der Waals surface area contributed by atoms with Crippen LogP contribution in [0.2, 0.25) is 0 Å². The fraction of sp³-hybridized carbons (Fsp3) is 0.273. The molecule has 0 aliphatic carbocycles. The summed E-state index contributed by atoms with van der Waals surface area (Å²) < 4.78 is 42.6. The van der Waals surface area contributed by atoms with Gasteiger partial charge in [-0.3, -0.25) is 4.79 Å². The molecule has 3 N–H and O–H groups in total. The number of benzene rings is 4. The van der Waals surface area contributed by atoms with Crippen molar-refractivity contribution in [2.75, 3.05) is 5.32 Å². The monoisotopic (exact) mass is 558 g/mol. The number of anilines is 1. The van der Waals surface area contributed by atoms with Gasteiger partial charge in [-0.25, -0.2) is 4.68 Å². The van der Waals surface area contributed by atoms with Gasteiger partial charge in [0.1, 0.15) is 0 Å². The second kappa shape index (κ2) is 10.3. The molecule has 4 aromatic carbocycles. The van der Waals surface area contributed by atoms with E-state index in [9.17, 15) is 18.0 Å². The van der Waals surface area contributed by atoms with Crippen molar-refractivity contribution in [1.29, 1.82) is 0 Å². The molecule has 0 aliphatic rings. The summed E-state index contributed by atoms with van der Waals surface area (Å²) in [6.07, 6.45) is -3.66. The molecule has 5 rings (SSSR count). The molecular formula is C33H33F3N4O. The van der Waals surface area contributed by atoms with Crippen LogP contribution in [0.15, 0.2) is 84.9 Å². The van der Waals surface area contributed by atoms with Gasteiger partial charge in [-0.1, -0.05) is 62.4 Å². The zero-order valence-corrected chi connectivity index (χ0v) is 23.5. The van der Waals surface area contributed by atoms with E-state index in [1.807, 2.05) is 82.3 Å². The van der Waals surface area contributed by atoms with Gasteiger partial charge in [-0.2, -0.15) is 18.3 Å². The molecule has 0 radical (unpaired) electrons. The average molecular weight is 559 g/mol. The zero-order valence-electron chi connectivity index (χ0n) is 23.5. The average Bonchev–Trinajstić information content (AvgIpc) is 3.33. The summed E-state index contributed by atoms with van der Waals surface area (Å²) in [6.45, 7) is 7.85.